The average molecular weight is 991 g/mol. The van der Waals surface area contributed by atoms with E-state index in [2.05, 4.69) is 41.9 Å². The predicted molar refractivity (Wildman–Crippen MR) is 280 cm³/mol. The van der Waals surface area contributed by atoms with Crippen molar-refractivity contribution in [1.82, 2.24) is 10.4 Å². The number of carbonyl (C=O) groups is 1. The molecule has 0 atom stereocenters. The second-order valence-electron chi connectivity index (χ2n) is 15.2. The van der Waals surface area contributed by atoms with E-state index in [0.29, 0.717) is 27.5 Å². The molecular weight excluding hydrogens is 941 g/mol. The van der Waals surface area contributed by atoms with Crippen LogP contribution >= 0.6 is 11.3 Å². The highest BCUT2D eigenvalue weighted by Gasteiger charge is 2.11. The number of ether oxygens (including phenoxy) is 2. The lowest BCUT2D eigenvalue weighted by molar-refractivity contribution is 0.0952. The van der Waals surface area contributed by atoms with E-state index in [9.17, 15) is 40.5 Å². The summed E-state index contributed by atoms with van der Waals surface area (Å²) >= 11 is 1.46. The van der Waals surface area contributed by atoms with E-state index in [0.717, 1.165) is 46.2 Å². The van der Waals surface area contributed by atoms with Gasteiger partial charge in [-0.25, -0.2) is 10.4 Å². The largest absolute Gasteiger partial charge is 0.508 e. The van der Waals surface area contributed by atoms with Crippen LogP contribution in [-0.4, -0.2) is 79.0 Å². The molecule has 0 saturated carbocycles. The zero-order chi connectivity index (χ0) is 51.4. The Morgan fingerprint density at radius 3 is 1.65 bits per heavy atom. The molecule has 0 fully saturated rings. The standard InChI is InChI=1S/C20H19N3O3.C18H17N3O3S.C15H14N2O4/c1-26-19-10-7-16(8-11-19)22-15-3-5-17(6-4-15)23-21-13-14-2-9-18(24)12-20(14)25;1-24-16-6-2-12(3-7-16)8-14-11-25-18(20-14)21-19-10-13-4-5-15(22)9-17(13)23;1-9(11-7-6-10(18)8-14(11)20)16-17-15(21)12-4-2-3-5-13(12)19/h2-13,22-25H,1H3;2-7,9-11,22-23H,8H2,1H3,(H,20,21);2-8,18-20H,1H3,(H,17,21)/b21-13+;19-10-;16-9+. The van der Waals surface area contributed by atoms with Crippen molar-refractivity contribution >= 4 is 57.6 Å². The Morgan fingerprint density at radius 2 is 1.10 bits per heavy atom. The summed E-state index contributed by atoms with van der Waals surface area (Å²) in [6, 6.07) is 42.0. The van der Waals surface area contributed by atoms with Gasteiger partial charge in [0.1, 0.15) is 51.7 Å². The SMILES string of the molecule is C/C(=N\NC(=O)c1ccccc1O)c1ccc(O)cc1O.COc1ccc(Cc2csc(N/N=C\c3ccc(O)cc3O)n2)cc1.COc1ccc(Nc2ccc(N/N=C/c3ccc(O)cc3O)cc2)cc1. The minimum atomic E-state index is -0.564. The fourth-order valence-electron chi connectivity index (χ4n) is 6.22. The van der Waals surface area contributed by atoms with Gasteiger partial charge >= 0.3 is 0 Å². The number of hydrazone groups is 3. The Bertz CT molecular complexity index is 3150. The van der Waals surface area contributed by atoms with Crippen molar-refractivity contribution in [2.75, 3.05) is 30.4 Å². The molecule has 0 bridgehead atoms. The molecule has 1 aromatic heterocycles. The number of amides is 1. The number of anilines is 4. The van der Waals surface area contributed by atoms with Crippen LogP contribution in [0.15, 0.2) is 172 Å². The Balaban J connectivity index is 0.000000178. The van der Waals surface area contributed by atoms with Gasteiger partial charge in [0.15, 0.2) is 0 Å². The number of carbonyl (C=O) groups excluding carboxylic acids is 1. The topological polar surface area (TPSA) is 275 Å². The van der Waals surface area contributed by atoms with Gasteiger partial charge in [0, 0.05) is 58.1 Å². The van der Waals surface area contributed by atoms with Crippen LogP contribution in [0.5, 0.6) is 51.7 Å². The molecule has 1 heterocycles. The van der Waals surface area contributed by atoms with E-state index in [1.54, 1.807) is 45.4 Å². The molecule has 0 aliphatic heterocycles. The van der Waals surface area contributed by atoms with Crippen LogP contribution < -0.4 is 31.1 Å². The molecule has 0 unspecified atom stereocenters. The van der Waals surface area contributed by atoms with Crippen LogP contribution in [0.25, 0.3) is 0 Å². The van der Waals surface area contributed by atoms with E-state index in [1.165, 1.54) is 78.4 Å². The lowest BCUT2D eigenvalue weighted by atomic mass is 10.1. The zero-order valence-electron chi connectivity index (χ0n) is 38.9. The van der Waals surface area contributed by atoms with Gasteiger partial charge in [-0.05, 0) is 122 Å². The monoisotopic (exact) mass is 990 g/mol. The van der Waals surface area contributed by atoms with Crippen LogP contribution in [0.2, 0.25) is 0 Å². The molecule has 8 rings (SSSR count). The maximum absolute atomic E-state index is 11.9. The number of aromatic nitrogens is 1. The van der Waals surface area contributed by atoms with Crippen molar-refractivity contribution in [3.05, 3.63) is 191 Å². The summed E-state index contributed by atoms with van der Waals surface area (Å²) in [7, 11) is 3.28. The second kappa shape index (κ2) is 25.6. The van der Waals surface area contributed by atoms with E-state index in [4.69, 9.17) is 9.47 Å². The maximum atomic E-state index is 11.9. The third-order valence-corrected chi connectivity index (χ3v) is 10.8. The highest BCUT2D eigenvalue weighted by molar-refractivity contribution is 7.13. The third-order valence-electron chi connectivity index (χ3n) is 9.99. The summed E-state index contributed by atoms with van der Waals surface area (Å²) in [5, 5.41) is 84.3. The van der Waals surface area contributed by atoms with Crippen LogP contribution in [-0.2, 0) is 6.42 Å². The summed E-state index contributed by atoms with van der Waals surface area (Å²) in [6.45, 7) is 1.59. The van der Waals surface area contributed by atoms with Gasteiger partial charge in [-0.1, -0.05) is 24.3 Å². The number of hydrogen-bond acceptors (Lipinski definition) is 18. The van der Waals surface area contributed by atoms with Crippen LogP contribution in [0, 0.1) is 0 Å². The number of nitrogens with one attached hydrogen (secondary N) is 4. The van der Waals surface area contributed by atoms with Crippen molar-refractivity contribution < 1.29 is 50.0 Å². The highest BCUT2D eigenvalue weighted by Crippen LogP contribution is 2.26. The quantitative estimate of drug-likeness (QED) is 0.0337. The highest BCUT2D eigenvalue weighted by atomic mass is 32.1. The molecule has 0 aliphatic rings. The molecule has 0 radical (unpaired) electrons. The number of para-hydroxylation sites is 1. The molecule has 19 heteroatoms. The number of phenolic OH excluding ortho intramolecular Hbond substituents is 7. The summed E-state index contributed by atoms with van der Waals surface area (Å²) in [6.07, 6.45) is 3.68. The Labute approximate surface area is 417 Å². The molecule has 368 valence electrons. The smallest absolute Gasteiger partial charge is 0.275 e. The fourth-order valence-corrected chi connectivity index (χ4v) is 6.88. The number of methoxy groups -OCH3 is 2. The van der Waals surface area contributed by atoms with Crippen LogP contribution in [0.3, 0.4) is 0 Å². The zero-order valence-corrected chi connectivity index (χ0v) is 39.7. The van der Waals surface area contributed by atoms with Crippen LogP contribution in [0.1, 0.15) is 45.2 Å². The number of thiazole rings is 1. The van der Waals surface area contributed by atoms with Gasteiger partial charge in [0.2, 0.25) is 5.13 Å². The molecular formula is C53H50N8O10S. The molecule has 0 spiro atoms. The first-order chi connectivity index (χ1) is 34.8. The minimum absolute atomic E-state index is 0.00528. The Hall–Kier alpha value is -9.75. The van der Waals surface area contributed by atoms with Gasteiger partial charge in [-0.15, -0.1) is 11.3 Å². The van der Waals surface area contributed by atoms with E-state index >= 15 is 0 Å². The van der Waals surface area contributed by atoms with Crippen molar-refractivity contribution in [1.29, 1.82) is 0 Å². The third kappa shape index (κ3) is 15.7. The first kappa shape index (κ1) is 51.6. The van der Waals surface area contributed by atoms with Crippen molar-refractivity contribution in [2.45, 2.75) is 13.3 Å². The second-order valence-corrected chi connectivity index (χ2v) is 16.0. The van der Waals surface area contributed by atoms with Crippen molar-refractivity contribution in [2.24, 2.45) is 15.3 Å². The number of benzene rings is 7. The van der Waals surface area contributed by atoms with Crippen LogP contribution in [0.4, 0.5) is 22.2 Å². The molecule has 0 saturated heterocycles. The Kier molecular flexibility index (Phi) is 18.3. The normalized spacial score (nSPS) is 10.9. The van der Waals surface area contributed by atoms with E-state index < -0.39 is 5.91 Å². The summed E-state index contributed by atoms with van der Waals surface area (Å²) < 4.78 is 10.3. The first-order valence-electron chi connectivity index (χ1n) is 21.6. The molecule has 0 aliphatic carbocycles. The minimum Gasteiger partial charge on any atom is -0.508 e. The van der Waals surface area contributed by atoms with Crippen molar-refractivity contribution in [3.8, 4) is 51.7 Å². The van der Waals surface area contributed by atoms with E-state index in [-0.39, 0.29) is 45.8 Å². The number of hydrogen-bond donors (Lipinski definition) is 11. The van der Waals surface area contributed by atoms with Gasteiger partial charge in [-0.3, -0.25) is 15.6 Å². The average Bonchev–Trinajstić information content (AvgIpc) is 3.82. The maximum Gasteiger partial charge on any atom is 0.275 e. The van der Waals surface area contributed by atoms with Gasteiger partial charge < -0.3 is 50.5 Å². The fraction of sp³-hybridized carbons (Fsp3) is 0.0755. The predicted octanol–water partition coefficient (Wildman–Crippen LogP) is 9.85. The lowest BCUT2D eigenvalue weighted by Crippen LogP contribution is -2.19. The van der Waals surface area contributed by atoms with Gasteiger partial charge in [-0.2, -0.15) is 15.3 Å². The summed E-state index contributed by atoms with van der Waals surface area (Å²) in [5.41, 5.74) is 14.7. The molecule has 1 amide bonds. The molecule has 7 aromatic carbocycles. The molecule has 8 aromatic rings. The molecule has 72 heavy (non-hydrogen) atoms. The number of nitrogens with zero attached hydrogens (tertiary/aromatic N) is 4. The first-order valence-corrected chi connectivity index (χ1v) is 22.5. The lowest BCUT2D eigenvalue weighted by Gasteiger charge is -2.08. The van der Waals surface area contributed by atoms with E-state index in [1.807, 2.05) is 78.2 Å². The molecule has 11 N–H and O–H groups in total. The van der Waals surface area contributed by atoms with Gasteiger partial charge in [0.25, 0.3) is 5.91 Å². The van der Waals surface area contributed by atoms with Gasteiger partial charge in [0.05, 0.1) is 49.3 Å². The number of aromatic hydroxyl groups is 7. The summed E-state index contributed by atoms with van der Waals surface area (Å²) in [4.78, 5) is 16.3. The number of phenols is 7. The Morgan fingerprint density at radius 1 is 0.583 bits per heavy atom. The summed E-state index contributed by atoms with van der Waals surface area (Å²) in [5.74, 6) is 0.665. The molecule has 18 nitrogen and oxygen atoms in total. The number of rotatable bonds is 15. The van der Waals surface area contributed by atoms with Crippen molar-refractivity contribution in [3.63, 3.8) is 0 Å².